The predicted molar refractivity (Wildman–Crippen MR) is 244 cm³/mol. The van der Waals surface area contributed by atoms with Gasteiger partial charge in [-0.2, -0.15) is 0 Å². The van der Waals surface area contributed by atoms with Crippen molar-refractivity contribution in [3.8, 4) is 5.75 Å². The van der Waals surface area contributed by atoms with E-state index in [1.807, 2.05) is 19.1 Å². The lowest BCUT2D eigenvalue weighted by Gasteiger charge is -2.31. The first-order valence-electron chi connectivity index (χ1n) is 21.6. The molecule has 0 saturated carbocycles. The lowest BCUT2D eigenvalue weighted by atomic mass is 9.96. The maximum Gasteiger partial charge on any atom is 0.352 e. The third kappa shape index (κ3) is 14.6. The smallest absolute Gasteiger partial charge is 0.352 e. The summed E-state index contributed by atoms with van der Waals surface area (Å²) < 4.78 is 5.43. The highest BCUT2D eigenvalue weighted by atomic mass is 35.5. The number of aromatic amines is 1. The molecule has 0 spiro atoms. The molecule has 2 unspecified atom stereocenters. The van der Waals surface area contributed by atoms with Crippen LogP contribution < -0.4 is 36.6 Å². The van der Waals surface area contributed by atoms with Crippen molar-refractivity contribution in [3.63, 3.8) is 0 Å². The Balaban J connectivity index is 1.34. The summed E-state index contributed by atoms with van der Waals surface area (Å²) in [5.74, 6) is -6.89. The minimum atomic E-state index is -2.27. The molecular weight excluding hydrogens is 912 g/mol. The zero-order valence-electron chi connectivity index (χ0n) is 37.1. The third-order valence-corrected chi connectivity index (χ3v) is 11.3. The molecule has 23 heteroatoms. The van der Waals surface area contributed by atoms with Crippen molar-refractivity contribution in [2.45, 2.75) is 87.6 Å². The monoisotopic (exact) mass is 966 g/mol. The van der Waals surface area contributed by atoms with Gasteiger partial charge in [-0.3, -0.25) is 33.6 Å². The number of carboxylic acid groups (broad SMARTS) is 1. The molecule has 68 heavy (non-hydrogen) atoms. The van der Waals surface area contributed by atoms with Crippen LogP contribution in [0.4, 0.5) is 0 Å². The highest BCUT2D eigenvalue weighted by Gasteiger charge is 2.41. The fourth-order valence-corrected chi connectivity index (χ4v) is 7.73. The van der Waals surface area contributed by atoms with E-state index in [4.69, 9.17) is 16.3 Å². The van der Waals surface area contributed by atoms with Crippen LogP contribution in [0.5, 0.6) is 5.75 Å². The zero-order chi connectivity index (χ0) is 49.7. The Morgan fingerprint density at radius 3 is 2.26 bits per heavy atom. The summed E-state index contributed by atoms with van der Waals surface area (Å²) in [5.41, 5.74) is 0.974. The summed E-state index contributed by atoms with van der Waals surface area (Å²) in [6, 6.07) is 6.11. The molecule has 0 aliphatic carbocycles. The van der Waals surface area contributed by atoms with Crippen molar-refractivity contribution < 1.29 is 68.6 Å². The zero-order valence-corrected chi connectivity index (χ0v) is 37.8. The van der Waals surface area contributed by atoms with Crippen molar-refractivity contribution in [2.24, 2.45) is 0 Å². The number of benzene rings is 2. The number of amides is 7. The van der Waals surface area contributed by atoms with Gasteiger partial charge in [0, 0.05) is 48.8 Å². The summed E-state index contributed by atoms with van der Waals surface area (Å²) in [6.07, 6.45) is -3.26. The van der Waals surface area contributed by atoms with E-state index in [0.29, 0.717) is 23.3 Å². The number of carbonyl (C=O) groups excluding carboxylic acids is 7. The molecule has 2 aromatic carbocycles. The van der Waals surface area contributed by atoms with Gasteiger partial charge in [0.2, 0.25) is 35.4 Å². The number of ether oxygens (including phenoxy) is 1. The van der Waals surface area contributed by atoms with Gasteiger partial charge in [-0.15, -0.1) is 0 Å². The average molecular weight is 967 g/mol. The summed E-state index contributed by atoms with van der Waals surface area (Å²) in [4.78, 5) is 109. The molecule has 7 amide bonds. The number of rotatable bonds is 11. The number of aliphatic hydroxyl groups is 4. The molecule has 0 bridgehead atoms. The molecule has 366 valence electrons. The van der Waals surface area contributed by atoms with Crippen molar-refractivity contribution in [1.82, 2.24) is 41.8 Å². The number of aromatic carboxylic acids is 1. The Labute approximate surface area is 394 Å². The van der Waals surface area contributed by atoms with Crippen LogP contribution in [-0.4, -0.2) is 165 Å². The van der Waals surface area contributed by atoms with E-state index in [2.05, 4.69) is 36.9 Å². The normalized spacial score (nSPS) is 24.1. The molecule has 3 aromatic rings. The van der Waals surface area contributed by atoms with Gasteiger partial charge in [-0.1, -0.05) is 54.1 Å². The highest BCUT2D eigenvalue weighted by molar-refractivity contribution is 6.31. The molecule has 2 aliphatic heterocycles. The van der Waals surface area contributed by atoms with Gasteiger partial charge >= 0.3 is 5.97 Å². The van der Waals surface area contributed by atoms with Crippen molar-refractivity contribution >= 4 is 75.9 Å². The summed E-state index contributed by atoms with van der Waals surface area (Å²) in [5, 5.41) is 69.3. The van der Waals surface area contributed by atoms with Gasteiger partial charge in [0.25, 0.3) is 5.91 Å². The number of nitrogens with one attached hydrogen (secondary N) is 7. The Bertz CT molecular complexity index is 2410. The first kappa shape index (κ1) is 52.1. The molecule has 3 heterocycles. The summed E-state index contributed by atoms with van der Waals surface area (Å²) in [7, 11) is 1.25. The summed E-state index contributed by atoms with van der Waals surface area (Å²) >= 11 is 6.11. The van der Waals surface area contributed by atoms with Gasteiger partial charge in [0.1, 0.15) is 23.6 Å². The van der Waals surface area contributed by atoms with E-state index in [-0.39, 0.29) is 29.1 Å². The van der Waals surface area contributed by atoms with Crippen molar-refractivity contribution in [3.05, 3.63) is 82.5 Å². The Morgan fingerprint density at radius 1 is 0.853 bits per heavy atom. The number of halogens is 1. The SMILES string of the molecule is CCOc1ccc(/C=C/C=C\C[C@H](O)[C@@H](O)[C@H]2NC(=O)C[C@@H](O)CNC(=O)CNC(=O)C(Cc3c(C(=O)O)[nH]c4cc(Cl)ccc34)NC(=O)CN(C)C(=O)CC3NC(=O)C[C@H]3NC(=O)[C@H]2O)cc1. The second kappa shape index (κ2) is 24.3. The van der Waals surface area contributed by atoms with Crippen LogP contribution in [0.15, 0.2) is 60.7 Å². The first-order valence-corrected chi connectivity index (χ1v) is 22.0. The number of aliphatic hydroxyl groups excluding tert-OH is 4. The van der Waals surface area contributed by atoms with E-state index < -0.39 is 135 Å². The van der Waals surface area contributed by atoms with Crippen LogP contribution in [0.1, 0.15) is 54.2 Å². The summed E-state index contributed by atoms with van der Waals surface area (Å²) in [6.45, 7) is 0.462. The molecule has 5 rings (SSSR count). The number of allylic oxidation sites excluding steroid dienone is 2. The van der Waals surface area contributed by atoms with E-state index in [0.717, 1.165) is 10.5 Å². The van der Waals surface area contributed by atoms with Crippen LogP contribution >= 0.6 is 11.6 Å². The molecule has 2 aliphatic rings. The molecular formula is C45H55ClN8O14. The number of nitrogens with zero attached hydrogens (tertiary/aromatic N) is 1. The lowest BCUT2D eigenvalue weighted by Crippen LogP contribution is -2.60. The van der Waals surface area contributed by atoms with E-state index >= 15 is 0 Å². The fourth-order valence-electron chi connectivity index (χ4n) is 7.56. The lowest BCUT2D eigenvalue weighted by molar-refractivity contribution is -0.139. The number of carboxylic acids is 1. The Kier molecular flexibility index (Phi) is 18.6. The largest absolute Gasteiger partial charge is 0.494 e. The Morgan fingerprint density at radius 2 is 1.56 bits per heavy atom. The van der Waals surface area contributed by atoms with Crippen LogP contribution in [-0.2, 0) is 40.0 Å². The number of β-amino-alcohol motifs (C(OH)–C–C–N with tert-alkyl or cyclic N) is 1. The number of likely N-dealkylation sites (N-methyl/N-ethyl adjacent to an activating group) is 1. The number of hydrogen-bond donors (Lipinski definition) is 12. The number of fused-ring (bicyclic) bond motifs is 2. The number of hydrogen-bond acceptors (Lipinski definition) is 13. The second-order valence-electron chi connectivity index (χ2n) is 16.2. The van der Waals surface area contributed by atoms with Crippen LogP contribution in [0, 0.1) is 0 Å². The van der Waals surface area contributed by atoms with E-state index in [9.17, 15) is 63.9 Å². The molecule has 2 saturated heterocycles. The van der Waals surface area contributed by atoms with Gasteiger partial charge in [0.05, 0.1) is 56.5 Å². The number of carbonyl (C=O) groups is 8. The molecule has 0 radical (unpaired) electrons. The molecule has 22 nitrogen and oxygen atoms in total. The van der Waals surface area contributed by atoms with E-state index in [1.165, 1.54) is 31.3 Å². The quantitative estimate of drug-likeness (QED) is 0.0963. The van der Waals surface area contributed by atoms with Gasteiger partial charge < -0.3 is 72.1 Å². The van der Waals surface area contributed by atoms with Crippen molar-refractivity contribution in [1.29, 1.82) is 0 Å². The van der Waals surface area contributed by atoms with Crippen LogP contribution in [0.3, 0.4) is 0 Å². The molecule has 12 N–H and O–H groups in total. The molecule has 8 atom stereocenters. The predicted octanol–water partition coefficient (Wildman–Crippen LogP) is -1.61. The fraction of sp³-hybridized carbons (Fsp3) is 0.422. The Hall–Kier alpha value is -6.85. The molecule has 2 fully saturated rings. The van der Waals surface area contributed by atoms with Gasteiger partial charge in [0.15, 0.2) is 6.10 Å². The minimum Gasteiger partial charge on any atom is -0.494 e. The second-order valence-corrected chi connectivity index (χ2v) is 16.7. The van der Waals surface area contributed by atoms with E-state index in [1.54, 1.807) is 30.4 Å². The highest BCUT2D eigenvalue weighted by Crippen LogP contribution is 2.27. The first-order chi connectivity index (χ1) is 32.3. The van der Waals surface area contributed by atoms with Crippen LogP contribution in [0.25, 0.3) is 17.0 Å². The van der Waals surface area contributed by atoms with Gasteiger partial charge in [-0.05, 0) is 48.7 Å². The number of aromatic nitrogens is 1. The number of H-pyrrole nitrogens is 1. The topological polar surface area (TPSA) is 338 Å². The standard InChI is InChI=1S/C45H55ClN8O14/c1-3-68-26-12-9-23(10-13-26)7-5-4-6-8-33(56)41(62)40-42(63)44(65)52-30-18-35(58)49-31(30)19-38(61)54(2)22-37(60)50-32(43(64)48-21-36(59)47-20-25(55)16-34(57)53-40)17-28-27-14-11-24(46)15-29(27)51-39(28)45(66)67/h4-7,9-15,25,30-33,40-42,51,55-56,62-63H,3,8,16-22H2,1-2H3,(H,47,59)(H,48,64)(H,49,58)(H,50,60)(H,52,65)(H,53,57)(H,66,67)/b6-4-,7-5+/t25-,30-,31?,32?,33+,40-,41-,42+/m1/s1. The third-order valence-electron chi connectivity index (χ3n) is 11.1. The minimum absolute atomic E-state index is 0.109. The van der Waals surface area contributed by atoms with Crippen LogP contribution in [0.2, 0.25) is 5.02 Å². The maximum atomic E-state index is 13.6. The molecule has 1 aromatic heterocycles. The van der Waals surface area contributed by atoms with Crippen molar-refractivity contribution in [2.75, 3.05) is 33.3 Å². The van der Waals surface area contributed by atoms with Gasteiger partial charge in [-0.25, -0.2) is 4.79 Å². The maximum absolute atomic E-state index is 13.6. The average Bonchev–Trinajstić information content (AvgIpc) is 3.83.